The Labute approximate surface area is 233 Å². The van der Waals surface area contributed by atoms with Crippen molar-refractivity contribution in [3.05, 3.63) is 43.0 Å². The quantitative estimate of drug-likeness (QED) is 0.171. The summed E-state index contributed by atoms with van der Waals surface area (Å²) in [5.74, 6) is -1.27. The van der Waals surface area contributed by atoms with Gasteiger partial charge in [0, 0.05) is 5.69 Å². The predicted molar refractivity (Wildman–Crippen MR) is 143 cm³/mol. The number of hydrogen-bond donors (Lipinski definition) is 7. The average molecular weight is 592 g/mol. The number of carbonyl (C=O) groups excluding carboxylic acids is 1. The summed E-state index contributed by atoms with van der Waals surface area (Å²) in [6, 6.07) is 7.41. The van der Waals surface area contributed by atoms with Crippen LogP contribution in [-0.4, -0.2) is 95.4 Å². The molecule has 5 rings (SSSR count). The van der Waals surface area contributed by atoms with Gasteiger partial charge >= 0.3 is 19.6 Å². The van der Waals surface area contributed by atoms with E-state index < -0.39 is 56.8 Å². The van der Waals surface area contributed by atoms with E-state index in [9.17, 15) is 34.4 Å². The Morgan fingerprint density at radius 1 is 1.15 bits per heavy atom. The van der Waals surface area contributed by atoms with E-state index in [-0.39, 0.29) is 35.5 Å². The fourth-order valence-corrected chi connectivity index (χ4v) is 6.41. The van der Waals surface area contributed by atoms with Crippen LogP contribution < -0.4 is 16.0 Å². The highest BCUT2D eigenvalue weighted by atomic mass is 31.2. The second kappa shape index (κ2) is 12.2. The number of piperidine rings is 1. The highest BCUT2D eigenvalue weighted by molar-refractivity contribution is 7.52. The van der Waals surface area contributed by atoms with Gasteiger partial charge in [-0.3, -0.25) is 19.2 Å². The van der Waals surface area contributed by atoms with E-state index in [1.807, 2.05) is 6.07 Å². The number of ether oxygens (including phenoxy) is 1. The van der Waals surface area contributed by atoms with Crippen molar-refractivity contribution in [2.24, 2.45) is 5.92 Å². The topological polar surface area (TPSA) is 230 Å². The zero-order valence-corrected chi connectivity index (χ0v) is 22.5. The van der Waals surface area contributed by atoms with E-state index in [2.05, 4.69) is 30.9 Å². The summed E-state index contributed by atoms with van der Waals surface area (Å²) in [4.78, 5) is 46.6. The number of anilines is 2. The third kappa shape index (κ3) is 6.70. The number of fused-ring (bicyclic) bond motifs is 1. The van der Waals surface area contributed by atoms with Gasteiger partial charge in [0.05, 0.1) is 19.1 Å². The van der Waals surface area contributed by atoms with Gasteiger partial charge in [-0.1, -0.05) is 18.2 Å². The van der Waals surface area contributed by atoms with Crippen molar-refractivity contribution < 1.29 is 43.6 Å². The van der Waals surface area contributed by atoms with Crippen LogP contribution in [0, 0.1) is 5.92 Å². The molecule has 0 bridgehead atoms. The lowest BCUT2D eigenvalue weighted by molar-refractivity contribution is -0.140. The molecule has 16 nitrogen and oxygen atoms in total. The minimum absolute atomic E-state index is 0.0966. The number of para-hydroxylation sites is 1. The van der Waals surface area contributed by atoms with Crippen LogP contribution in [0.2, 0.25) is 0 Å². The Morgan fingerprint density at radius 3 is 2.68 bits per heavy atom. The first kappa shape index (κ1) is 29.0. The number of carboxylic acids is 1. The second-order valence-corrected chi connectivity index (χ2v) is 11.8. The highest BCUT2D eigenvalue weighted by Crippen LogP contribution is 2.46. The number of imidazole rings is 1. The SMILES string of the molecule is O=C(Nc1ccccc1)Nc1ncnc2c1ncn2[C@@H]1O[C@H](COP(=O)(O)CC2CCNC(C(=O)O)C2)C(O)C1O. The van der Waals surface area contributed by atoms with Crippen molar-refractivity contribution in [1.82, 2.24) is 24.8 Å². The first-order chi connectivity index (χ1) is 19.6. The van der Waals surface area contributed by atoms with Crippen LogP contribution in [0.15, 0.2) is 43.0 Å². The molecule has 0 saturated carbocycles. The molecule has 2 aliphatic rings. The van der Waals surface area contributed by atoms with E-state index >= 15 is 0 Å². The molecule has 7 N–H and O–H groups in total. The first-order valence-corrected chi connectivity index (χ1v) is 14.6. The molecule has 2 aliphatic heterocycles. The molecule has 17 heteroatoms. The molecule has 1 aromatic carbocycles. The molecule has 7 atom stereocenters. The number of urea groups is 1. The van der Waals surface area contributed by atoms with E-state index in [1.54, 1.807) is 24.3 Å². The van der Waals surface area contributed by atoms with Crippen LogP contribution in [0.3, 0.4) is 0 Å². The van der Waals surface area contributed by atoms with Crippen molar-refractivity contribution in [1.29, 1.82) is 0 Å². The van der Waals surface area contributed by atoms with Crippen LogP contribution in [0.5, 0.6) is 0 Å². The average Bonchev–Trinajstić information content (AvgIpc) is 3.49. The first-order valence-electron chi connectivity index (χ1n) is 12.9. The second-order valence-electron chi connectivity index (χ2n) is 9.89. The fourth-order valence-electron chi connectivity index (χ4n) is 4.94. The lowest BCUT2D eigenvalue weighted by Crippen LogP contribution is -2.44. The number of nitrogens with zero attached hydrogens (tertiary/aromatic N) is 4. The number of carbonyl (C=O) groups is 2. The summed E-state index contributed by atoms with van der Waals surface area (Å²) in [7, 11) is -4.16. The van der Waals surface area contributed by atoms with Gasteiger partial charge in [-0.15, -0.1) is 0 Å². The van der Waals surface area contributed by atoms with E-state index in [1.165, 1.54) is 17.2 Å². The summed E-state index contributed by atoms with van der Waals surface area (Å²) in [6.07, 6.45) is -2.33. The zero-order valence-electron chi connectivity index (χ0n) is 21.6. The number of carboxylic acid groups (broad SMARTS) is 1. The number of aromatic nitrogens is 4. The Hall–Kier alpha value is -3.50. The van der Waals surface area contributed by atoms with Gasteiger partial charge in [0.2, 0.25) is 0 Å². The van der Waals surface area contributed by atoms with Crippen LogP contribution in [-0.2, 0) is 18.6 Å². The van der Waals surface area contributed by atoms with E-state index in [0.29, 0.717) is 18.7 Å². The zero-order chi connectivity index (χ0) is 29.1. The van der Waals surface area contributed by atoms with Gasteiger partial charge < -0.3 is 40.1 Å². The van der Waals surface area contributed by atoms with Gasteiger partial charge in [-0.05, 0) is 37.4 Å². The monoisotopic (exact) mass is 591 g/mol. The summed E-state index contributed by atoms with van der Waals surface area (Å²) < 4.78 is 25.1. The molecule has 0 aliphatic carbocycles. The number of aliphatic hydroxyl groups is 2. The van der Waals surface area contributed by atoms with Crippen molar-refractivity contribution in [3.8, 4) is 0 Å². The molecule has 3 aromatic rings. The minimum atomic E-state index is -4.16. The largest absolute Gasteiger partial charge is 0.480 e. The molecule has 5 unspecified atom stereocenters. The van der Waals surface area contributed by atoms with Crippen LogP contribution >= 0.6 is 7.60 Å². The standard InChI is InChI=1S/C24H30N7O9P/c32-18-16(9-39-41(37,38)10-13-6-7-25-15(8-13)23(34)35)40-22(19(18)33)31-12-28-17-20(26-11-27-21(17)31)30-24(36)29-14-4-2-1-3-5-14/h1-5,11-13,15-16,18-19,22,25,32-33H,6-10H2,(H,34,35)(H,37,38)(H2,26,27,29,30,36)/t13?,15?,16-,18?,19?,22-/m1/s1. The normalized spacial score (nSPS) is 27.8. The Balaban J connectivity index is 1.22. The van der Waals surface area contributed by atoms with Crippen molar-refractivity contribution >= 4 is 42.3 Å². The molecule has 2 saturated heterocycles. The lowest BCUT2D eigenvalue weighted by Gasteiger charge is -2.29. The van der Waals surface area contributed by atoms with Crippen LogP contribution in [0.4, 0.5) is 16.3 Å². The van der Waals surface area contributed by atoms with Gasteiger partial charge in [0.15, 0.2) is 23.2 Å². The Bertz CT molecular complexity index is 1440. The number of benzene rings is 1. The summed E-state index contributed by atoms with van der Waals surface area (Å²) in [5.41, 5.74) is 0.958. The minimum Gasteiger partial charge on any atom is -0.480 e. The molecule has 4 heterocycles. The van der Waals surface area contributed by atoms with Gasteiger partial charge in [0.25, 0.3) is 0 Å². The summed E-state index contributed by atoms with van der Waals surface area (Å²) in [5, 5.41) is 38.6. The molecule has 0 spiro atoms. The highest BCUT2D eigenvalue weighted by Gasteiger charge is 2.45. The number of aliphatic carboxylic acids is 1. The fraction of sp³-hybridized carbons (Fsp3) is 0.458. The van der Waals surface area contributed by atoms with Crippen molar-refractivity contribution in [2.75, 3.05) is 29.9 Å². The molecule has 0 radical (unpaired) electrons. The molecule has 2 fully saturated rings. The maximum atomic E-state index is 12.7. The van der Waals surface area contributed by atoms with Gasteiger partial charge in [-0.2, -0.15) is 0 Å². The Kier molecular flexibility index (Phi) is 8.60. The van der Waals surface area contributed by atoms with E-state index in [0.717, 1.165) is 0 Å². The number of aliphatic hydroxyl groups excluding tert-OH is 2. The number of rotatable bonds is 9. The maximum absolute atomic E-state index is 12.7. The summed E-state index contributed by atoms with van der Waals surface area (Å²) >= 11 is 0. The predicted octanol–water partition coefficient (Wildman–Crippen LogP) is 0.744. The van der Waals surface area contributed by atoms with Crippen LogP contribution in [0.1, 0.15) is 19.1 Å². The lowest BCUT2D eigenvalue weighted by atomic mass is 9.94. The molecular formula is C24H30N7O9P. The third-order valence-corrected chi connectivity index (χ3v) is 8.50. The molecule has 220 valence electrons. The van der Waals surface area contributed by atoms with Crippen molar-refractivity contribution in [3.63, 3.8) is 0 Å². The van der Waals surface area contributed by atoms with Crippen LogP contribution in [0.25, 0.3) is 11.2 Å². The van der Waals surface area contributed by atoms with Gasteiger partial charge in [0.1, 0.15) is 30.7 Å². The number of amides is 2. The molecule has 41 heavy (non-hydrogen) atoms. The summed E-state index contributed by atoms with van der Waals surface area (Å²) in [6.45, 7) is -0.0960. The Morgan fingerprint density at radius 2 is 1.93 bits per heavy atom. The number of hydrogen-bond acceptors (Lipinski definition) is 11. The molecule has 2 aromatic heterocycles. The van der Waals surface area contributed by atoms with Crippen molar-refractivity contribution in [2.45, 2.75) is 43.4 Å². The van der Waals surface area contributed by atoms with Gasteiger partial charge in [-0.25, -0.2) is 19.7 Å². The third-order valence-electron chi connectivity index (χ3n) is 6.97. The smallest absolute Gasteiger partial charge is 0.328 e. The number of nitrogens with one attached hydrogen (secondary N) is 3. The molecule has 2 amide bonds. The molecular weight excluding hydrogens is 561 g/mol. The van der Waals surface area contributed by atoms with E-state index in [4.69, 9.17) is 9.26 Å². The maximum Gasteiger partial charge on any atom is 0.328 e.